The van der Waals surface area contributed by atoms with Gasteiger partial charge in [0.1, 0.15) is 0 Å². The molecule has 0 atom stereocenters. The molecular weight excluding hydrogens is 234 g/mol. The van der Waals surface area contributed by atoms with E-state index in [-0.39, 0.29) is 0 Å². The van der Waals surface area contributed by atoms with Gasteiger partial charge >= 0.3 is 0 Å². The van der Waals surface area contributed by atoms with E-state index in [1.54, 1.807) is 5.57 Å². The van der Waals surface area contributed by atoms with Crippen LogP contribution in [0.4, 0.5) is 0 Å². The Bertz CT molecular complexity index is 296. The van der Waals surface area contributed by atoms with Crippen LogP contribution in [0.5, 0.6) is 0 Å². The molecule has 3 nitrogen and oxygen atoms in total. The number of hydrogen-bond acceptors (Lipinski definition) is 3. The zero-order valence-corrected chi connectivity index (χ0v) is 13.0. The van der Waals surface area contributed by atoms with Gasteiger partial charge in [0.2, 0.25) is 0 Å². The fraction of sp³-hybridized carbons (Fsp3) is 0.875. The van der Waals surface area contributed by atoms with Crippen LogP contribution in [0.15, 0.2) is 11.6 Å². The molecule has 2 aliphatic rings. The molecule has 0 amide bonds. The largest absolute Gasteiger partial charge is 0.315 e. The Hall–Kier alpha value is -0.380. The van der Waals surface area contributed by atoms with E-state index < -0.39 is 0 Å². The van der Waals surface area contributed by atoms with Gasteiger partial charge < -0.3 is 10.2 Å². The van der Waals surface area contributed by atoms with Gasteiger partial charge in [-0.2, -0.15) is 0 Å². The molecule has 0 unspecified atom stereocenters. The van der Waals surface area contributed by atoms with E-state index in [0.29, 0.717) is 5.41 Å². The van der Waals surface area contributed by atoms with Crippen LogP contribution in [-0.4, -0.2) is 62.2 Å². The zero-order valence-electron chi connectivity index (χ0n) is 13.0. The fourth-order valence-corrected chi connectivity index (χ4v) is 3.00. The summed E-state index contributed by atoms with van der Waals surface area (Å²) in [7, 11) is 0. The van der Waals surface area contributed by atoms with E-state index in [0.717, 1.165) is 13.1 Å². The maximum absolute atomic E-state index is 3.47. The molecule has 2 aliphatic heterocycles. The van der Waals surface area contributed by atoms with Crippen LogP contribution < -0.4 is 5.32 Å². The van der Waals surface area contributed by atoms with E-state index in [1.807, 2.05) is 0 Å². The molecule has 1 N–H and O–H groups in total. The first-order chi connectivity index (χ1) is 9.05. The Labute approximate surface area is 119 Å². The van der Waals surface area contributed by atoms with Crippen molar-refractivity contribution in [3.63, 3.8) is 0 Å². The predicted molar refractivity (Wildman–Crippen MR) is 82.5 cm³/mol. The second-order valence-corrected chi connectivity index (χ2v) is 6.98. The van der Waals surface area contributed by atoms with Crippen molar-refractivity contribution < 1.29 is 0 Å². The molecule has 3 heteroatoms. The minimum atomic E-state index is 0.364. The van der Waals surface area contributed by atoms with Gasteiger partial charge in [-0.25, -0.2) is 0 Å². The highest BCUT2D eigenvalue weighted by molar-refractivity contribution is 5.14. The number of nitrogens with one attached hydrogen (secondary N) is 1. The molecule has 2 heterocycles. The summed E-state index contributed by atoms with van der Waals surface area (Å²) in [4.78, 5) is 5.22. The van der Waals surface area contributed by atoms with Gasteiger partial charge in [-0.15, -0.1) is 0 Å². The van der Waals surface area contributed by atoms with Crippen molar-refractivity contribution in [1.29, 1.82) is 0 Å². The topological polar surface area (TPSA) is 18.5 Å². The van der Waals surface area contributed by atoms with Crippen molar-refractivity contribution >= 4 is 0 Å². The lowest BCUT2D eigenvalue weighted by Crippen LogP contribution is -2.39. The maximum atomic E-state index is 3.47. The highest BCUT2D eigenvalue weighted by atomic mass is 15.2. The molecule has 0 aromatic rings. The summed E-state index contributed by atoms with van der Waals surface area (Å²) < 4.78 is 0. The average Bonchev–Trinajstić information content (AvgIpc) is 2.64. The minimum absolute atomic E-state index is 0.364. The minimum Gasteiger partial charge on any atom is -0.315 e. The van der Waals surface area contributed by atoms with Crippen LogP contribution in [0.2, 0.25) is 0 Å². The molecule has 19 heavy (non-hydrogen) atoms. The van der Waals surface area contributed by atoms with E-state index in [4.69, 9.17) is 0 Å². The summed E-state index contributed by atoms with van der Waals surface area (Å²) in [6, 6.07) is 0. The normalized spacial score (nSPS) is 24.1. The van der Waals surface area contributed by atoms with Crippen LogP contribution in [0.3, 0.4) is 0 Å². The van der Waals surface area contributed by atoms with Gasteiger partial charge in [-0.05, 0) is 31.3 Å². The summed E-state index contributed by atoms with van der Waals surface area (Å²) in [6.45, 7) is 16.7. The van der Waals surface area contributed by atoms with Crippen molar-refractivity contribution in [2.75, 3.05) is 52.4 Å². The third kappa shape index (κ3) is 4.90. The second kappa shape index (κ2) is 6.87. The average molecular weight is 265 g/mol. The smallest absolute Gasteiger partial charge is 0.0166 e. The lowest BCUT2D eigenvalue weighted by molar-refractivity contribution is 0.214. The van der Waals surface area contributed by atoms with Gasteiger partial charge in [0.25, 0.3) is 0 Å². The van der Waals surface area contributed by atoms with Gasteiger partial charge in [-0.3, -0.25) is 4.90 Å². The summed E-state index contributed by atoms with van der Waals surface area (Å²) in [5.41, 5.74) is 2.01. The Kier molecular flexibility index (Phi) is 5.43. The Morgan fingerprint density at radius 3 is 2.53 bits per heavy atom. The molecular formula is C16H31N3. The first-order valence-corrected chi connectivity index (χ1v) is 7.90. The van der Waals surface area contributed by atoms with Crippen LogP contribution in [0, 0.1) is 5.41 Å². The standard InChI is InChI=1S/C16H31N3/c1-16(2,3)15-5-10-19(11-6-15)14-13-18-9-4-7-17-8-12-18/h5,17H,4,6-14H2,1-3H3. The van der Waals surface area contributed by atoms with Gasteiger partial charge in [-0.1, -0.05) is 32.4 Å². The molecule has 0 saturated carbocycles. The highest BCUT2D eigenvalue weighted by Gasteiger charge is 2.21. The van der Waals surface area contributed by atoms with E-state index in [9.17, 15) is 0 Å². The molecule has 2 rings (SSSR count). The lowest BCUT2D eigenvalue weighted by Gasteiger charge is -2.33. The molecule has 0 radical (unpaired) electrons. The second-order valence-electron chi connectivity index (χ2n) is 6.98. The summed E-state index contributed by atoms with van der Waals surface area (Å²) in [6.07, 6.45) is 5.02. The van der Waals surface area contributed by atoms with Crippen molar-refractivity contribution in [3.05, 3.63) is 11.6 Å². The van der Waals surface area contributed by atoms with Crippen molar-refractivity contribution in [2.24, 2.45) is 5.41 Å². The van der Waals surface area contributed by atoms with Gasteiger partial charge in [0.15, 0.2) is 0 Å². The summed E-state index contributed by atoms with van der Waals surface area (Å²) in [5, 5.41) is 3.47. The Morgan fingerprint density at radius 1 is 1.05 bits per heavy atom. The molecule has 0 bridgehead atoms. The van der Waals surface area contributed by atoms with Crippen molar-refractivity contribution in [3.8, 4) is 0 Å². The van der Waals surface area contributed by atoms with E-state index in [2.05, 4.69) is 42.0 Å². The van der Waals surface area contributed by atoms with Crippen molar-refractivity contribution in [1.82, 2.24) is 15.1 Å². The molecule has 0 aliphatic carbocycles. The Morgan fingerprint density at radius 2 is 1.84 bits per heavy atom. The van der Waals surface area contributed by atoms with Gasteiger partial charge in [0.05, 0.1) is 0 Å². The van der Waals surface area contributed by atoms with Crippen molar-refractivity contribution in [2.45, 2.75) is 33.6 Å². The first kappa shape index (κ1) is 15.0. The van der Waals surface area contributed by atoms with E-state index in [1.165, 1.54) is 52.1 Å². The third-order valence-electron chi connectivity index (χ3n) is 4.42. The highest BCUT2D eigenvalue weighted by Crippen LogP contribution is 2.29. The van der Waals surface area contributed by atoms with Crippen LogP contribution in [0.1, 0.15) is 33.6 Å². The van der Waals surface area contributed by atoms with E-state index >= 15 is 0 Å². The molecule has 110 valence electrons. The summed E-state index contributed by atoms with van der Waals surface area (Å²) >= 11 is 0. The molecule has 0 spiro atoms. The number of rotatable bonds is 3. The third-order valence-corrected chi connectivity index (χ3v) is 4.42. The Balaban J connectivity index is 1.72. The first-order valence-electron chi connectivity index (χ1n) is 7.90. The van der Waals surface area contributed by atoms with Crippen LogP contribution in [0.25, 0.3) is 0 Å². The SMILES string of the molecule is CC(C)(C)C1=CCN(CCN2CCCNCC2)CC1. The molecule has 0 aromatic heterocycles. The number of nitrogens with zero attached hydrogens (tertiary/aromatic N) is 2. The number of hydrogen-bond donors (Lipinski definition) is 1. The van der Waals surface area contributed by atoms with Crippen LogP contribution in [-0.2, 0) is 0 Å². The maximum Gasteiger partial charge on any atom is 0.0166 e. The molecule has 0 aromatic carbocycles. The monoisotopic (exact) mass is 265 g/mol. The van der Waals surface area contributed by atoms with Crippen LogP contribution >= 0.6 is 0 Å². The fourth-order valence-electron chi connectivity index (χ4n) is 3.00. The van der Waals surface area contributed by atoms with Gasteiger partial charge in [0, 0.05) is 39.3 Å². The predicted octanol–water partition coefficient (Wildman–Crippen LogP) is 1.96. The lowest BCUT2D eigenvalue weighted by atomic mass is 9.83. The molecule has 1 saturated heterocycles. The quantitative estimate of drug-likeness (QED) is 0.787. The zero-order chi connectivity index (χ0) is 13.7. The molecule has 1 fully saturated rings. The summed E-state index contributed by atoms with van der Waals surface area (Å²) in [5.74, 6) is 0.